The molecule has 0 radical (unpaired) electrons. The molecule has 1 aliphatic carbocycles. The summed E-state index contributed by atoms with van der Waals surface area (Å²) in [4.78, 5) is 29.8. The van der Waals surface area contributed by atoms with Crippen LogP contribution in [0, 0.1) is 18.8 Å². The molecule has 0 atom stereocenters. The number of aromatic amines is 1. The Hall–Kier alpha value is -3.16. The van der Waals surface area contributed by atoms with Crippen molar-refractivity contribution in [2.45, 2.75) is 32.6 Å². The summed E-state index contributed by atoms with van der Waals surface area (Å²) in [6, 6.07) is 4.27. The number of aromatic nitrogens is 4. The number of anilines is 1. The van der Waals surface area contributed by atoms with Crippen LogP contribution in [-0.2, 0) is 11.8 Å². The first-order valence-corrected chi connectivity index (χ1v) is 12.0. The van der Waals surface area contributed by atoms with Crippen LogP contribution in [0.15, 0.2) is 29.5 Å². The number of hydrogen-bond acceptors (Lipinski definition) is 5. The first-order chi connectivity index (χ1) is 16.0. The van der Waals surface area contributed by atoms with Gasteiger partial charge in [0.25, 0.3) is 0 Å². The summed E-state index contributed by atoms with van der Waals surface area (Å²) in [6.45, 7) is 5.26. The summed E-state index contributed by atoms with van der Waals surface area (Å²) in [5.41, 5.74) is 5.19. The van der Waals surface area contributed by atoms with Crippen molar-refractivity contribution in [1.29, 1.82) is 0 Å². The number of H-pyrrole nitrogens is 1. The number of nitrogens with zero attached hydrogens (tertiary/aromatic N) is 6. The molecule has 33 heavy (non-hydrogen) atoms. The van der Waals surface area contributed by atoms with Crippen molar-refractivity contribution in [2.24, 2.45) is 23.9 Å². The predicted octanol–water partition coefficient (Wildman–Crippen LogP) is 3.43. The van der Waals surface area contributed by atoms with Crippen LogP contribution in [0.4, 0.5) is 5.69 Å². The van der Waals surface area contributed by atoms with E-state index >= 15 is 0 Å². The maximum atomic E-state index is 13.1. The molecule has 0 unspecified atom stereocenters. The number of piperazine rings is 1. The van der Waals surface area contributed by atoms with Crippen molar-refractivity contribution in [3.05, 3.63) is 30.2 Å². The lowest BCUT2D eigenvalue weighted by atomic mass is 9.82. The normalized spacial score (nSPS) is 21.9. The van der Waals surface area contributed by atoms with Gasteiger partial charge in [-0.1, -0.05) is 0 Å². The van der Waals surface area contributed by atoms with E-state index in [9.17, 15) is 4.79 Å². The second-order valence-electron chi connectivity index (χ2n) is 9.41. The Balaban J connectivity index is 1.27. The van der Waals surface area contributed by atoms with Gasteiger partial charge < -0.3 is 19.8 Å². The van der Waals surface area contributed by atoms with E-state index in [2.05, 4.69) is 48.2 Å². The van der Waals surface area contributed by atoms with E-state index in [0.29, 0.717) is 11.8 Å². The fourth-order valence-corrected chi connectivity index (χ4v) is 5.45. The van der Waals surface area contributed by atoms with E-state index in [-0.39, 0.29) is 5.92 Å². The Bertz CT molecular complexity index is 1160. The number of aliphatic imine (C=N–C) groups is 1. The van der Waals surface area contributed by atoms with Gasteiger partial charge in [-0.2, -0.15) is 5.10 Å². The first kappa shape index (κ1) is 21.7. The van der Waals surface area contributed by atoms with Crippen LogP contribution < -0.4 is 4.90 Å². The summed E-state index contributed by atoms with van der Waals surface area (Å²) >= 11 is 0. The molecule has 2 fully saturated rings. The fourth-order valence-electron chi connectivity index (χ4n) is 5.45. The minimum Gasteiger partial charge on any atom is -0.367 e. The van der Waals surface area contributed by atoms with Crippen LogP contribution in [0.25, 0.3) is 22.3 Å². The summed E-state index contributed by atoms with van der Waals surface area (Å²) in [7, 11) is 3.77. The average molecular weight is 448 g/mol. The van der Waals surface area contributed by atoms with Crippen molar-refractivity contribution in [3.8, 4) is 11.3 Å². The van der Waals surface area contributed by atoms with Crippen LogP contribution in [0.5, 0.6) is 0 Å². The van der Waals surface area contributed by atoms with Gasteiger partial charge >= 0.3 is 0 Å². The molecule has 8 heteroatoms. The highest BCUT2D eigenvalue weighted by Gasteiger charge is 2.31. The number of hydrogen-bond donors (Lipinski definition) is 1. The Kier molecular flexibility index (Phi) is 5.91. The van der Waals surface area contributed by atoms with Crippen molar-refractivity contribution in [2.75, 3.05) is 38.1 Å². The number of aryl methyl sites for hydroxylation is 2. The molecule has 0 spiro atoms. The van der Waals surface area contributed by atoms with Crippen molar-refractivity contribution >= 4 is 28.8 Å². The SMILES string of the molecule is CN=C[C@H]1CC[C@H](C(=O)N2CCN(c3ccnc4[nH]c(-c5cn(C)nc5C)cc34)CC2)CC1. The van der Waals surface area contributed by atoms with Gasteiger partial charge in [0.05, 0.1) is 11.4 Å². The van der Waals surface area contributed by atoms with Crippen LogP contribution in [0.1, 0.15) is 31.4 Å². The van der Waals surface area contributed by atoms with Gasteiger partial charge in [0, 0.05) is 81.4 Å². The minimum atomic E-state index is 0.181. The molecule has 4 heterocycles. The molecule has 0 aromatic carbocycles. The lowest BCUT2D eigenvalue weighted by Crippen LogP contribution is -2.50. The molecule has 5 rings (SSSR count). The molecule has 1 amide bonds. The van der Waals surface area contributed by atoms with E-state index in [1.807, 2.05) is 38.1 Å². The van der Waals surface area contributed by atoms with Gasteiger partial charge in [0.15, 0.2) is 0 Å². The Morgan fingerprint density at radius 2 is 1.94 bits per heavy atom. The number of carbonyl (C=O) groups is 1. The number of rotatable bonds is 4. The number of pyridine rings is 1. The smallest absolute Gasteiger partial charge is 0.225 e. The van der Waals surface area contributed by atoms with Crippen LogP contribution in [-0.4, -0.2) is 70.0 Å². The van der Waals surface area contributed by atoms with Crippen LogP contribution in [0.3, 0.4) is 0 Å². The van der Waals surface area contributed by atoms with Gasteiger partial charge in [-0.05, 0) is 50.7 Å². The number of nitrogens with one attached hydrogen (secondary N) is 1. The molecule has 174 valence electrons. The Morgan fingerprint density at radius 3 is 2.61 bits per heavy atom. The third kappa shape index (κ3) is 4.26. The minimum absolute atomic E-state index is 0.181. The molecule has 3 aromatic heterocycles. The second kappa shape index (κ2) is 9.00. The molecule has 1 saturated carbocycles. The molecule has 3 aromatic rings. The zero-order chi connectivity index (χ0) is 22.9. The van der Waals surface area contributed by atoms with Crippen molar-refractivity contribution < 1.29 is 4.79 Å². The lowest BCUT2D eigenvalue weighted by molar-refractivity contribution is -0.137. The molecular formula is C25H33N7O. The number of fused-ring (bicyclic) bond motifs is 1. The fraction of sp³-hybridized carbons (Fsp3) is 0.520. The molecular weight excluding hydrogens is 414 g/mol. The summed E-state index contributed by atoms with van der Waals surface area (Å²) < 4.78 is 1.84. The molecule has 1 saturated heterocycles. The Labute approximate surface area is 194 Å². The third-order valence-electron chi connectivity index (χ3n) is 7.23. The highest BCUT2D eigenvalue weighted by molar-refractivity contribution is 5.94. The summed E-state index contributed by atoms with van der Waals surface area (Å²) in [5.74, 6) is 1.07. The van der Waals surface area contributed by atoms with E-state index in [1.165, 1.54) is 5.69 Å². The molecule has 0 bridgehead atoms. The lowest BCUT2D eigenvalue weighted by Gasteiger charge is -2.38. The maximum Gasteiger partial charge on any atom is 0.225 e. The van der Waals surface area contributed by atoms with E-state index in [4.69, 9.17) is 0 Å². The standard InChI is InChI=1S/C25H33N7O/c1-17-21(16-30(3)29-17)22-14-20-23(8-9-27-24(20)28-22)31-10-12-32(13-11-31)25(33)19-6-4-18(5-7-19)15-26-2/h8-9,14-16,18-19H,4-7,10-13H2,1-3H3,(H,27,28)/t18-,19-. The molecule has 1 aliphatic heterocycles. The van der Waals surface area contributed by atoms with Gasteiger partial charge in [-0.3, -0.25) is 9.48 Å². The summed E-state index contributed by atoms with van der Waals surface area (Å²) in [6.07, 6.45) is 10.1. The van der Waals surface area contributed by atoms with Gasteiger partial charge in [-0.15, -0.1) is 0 Å². The molecule has 2 aliphatic rings. The topological polar surface area (TPSA) is 82.4 Å². The van der Waals surface area contributed by atoms with E-state index in [0.717, 1.165) is 79.8 Å². The predicted molar refractivity (Wildman–Crippen MR) is 132 cm³/mol. The zero-order valence-electron chi connectivity index (χ0n) is 19.8. The molecule has 8 nitrogen and oxygen atoms in total. The third-order valence-corrected chi connectivity index (χ3v) is 7.23. The van der Waals surface area contributed by atoms with Crippen molar-refractivity contribution in [1.82, 2.24) is 24.6 Å². The van der Waals surface area contributed by atoms with E-state index in [1.54, 1.807) is 0 Å². The highest BCUT2D eigenvalue weighted by atomic mass is 16.2. The van der Waals surface area contributed by atoms with Crippen LogP contribution in [0.2, 0.25) is 0 Å². The van der Waals surface area contributed by atoms with E-state index < -0.39 is 0 Å². The zero-order valence-corrected chi connectivity index (χ0v) is 19.8. The maximum absolute atomic E-state index is 13.1. The Morgan fingerprint density at radius 1 is 1.18 bits per heavy atom. The quantitative estimate of drug-likeness (QED) is 0.621. The molecule has 1 N–H and O–H groups in total. The van der Waals surface area contributed by atoms with Crippen LogP contribution >= 0.6 is 0 Å². The number of carbonyl (C=O) groups excluding carboxylic acids is 1. The van der Waals surface area contributed by atoms with Crippen molar-refractivity contribution in [3.63, 3.8) is 0 Å². The van der Waals surface area contributed by atoms with Gasteiger partial charge in [-0.25, -0.2) is 4.98 Å². The largest absolute Gasteiger partial charge is 0.367 e. The average Bonchev–Trinajstić information content (AvgIpc) is 3.41. The monoisotopic (exact) mass is 447 g/mol. The first-order valence-electron chi connectivity index (χ1n) is 12.0. The summed E-state index contributed by atoms with van der Waals surface area (Å²) in [5, 5.41) is 5.59. The van der Waals surface area contributed by atoms with Gasteiger partial charge in [0.1, 0.15) is 5.65 Å². The highest BCUT2D eigenvalue weighted by Crippen LogP contribution is 2.33. The second-order valence-corrected chi connectivity index (χ2v) is 9.41. The van der Waals surface area contributed by atoms with Gasteiger partial charge in [0.2, 0.25) is 5.91 Å². The number of amides is 1.